The molecule has 0 fully saturated rings. The maximum Gasteiger partial charge on any atom is 0.125 e. The van der Waals surface area contributed by atoms with Crippen LogP contribution in [-0.4, -0.2) is 19.3 Å². The van der Waals surface area contributed by atoms with E-state index in [4.69, 9.17) is 9.47 Å². The number of rotatable bonds is 5. The van der Waals surface area contributed by atoms with Gasteiger partial charge in [-0.15, -0.1) is 0 Å². The van der Waals surface area contributed by atoms with E-state index in [9.17, 15) is 5.11 Å². The number of benzene rings is 2. The van der Waals surface area contributed by atoms with Gasteiger partial charge in [0.1, 0.15) is 17.6 Å². The highest BCUT2D eigenvalue weighted by Crippen LogP contribution is 2.33. The Labute approximate surface area is 119 Å². The van der Waals surface area contributed by atoms with Gasteiger partial charge in [0.25, 0.3) is 0 Å². The zero-order valence-corrected chi connectivity index (χ0v) is 12.1. The third-order valence-corrected chi connectivity index (χ3v) is 3.44. The van der Waals surface area contributed by atoms with E-state index in [1.165, 1.54) is 5.56 Å². The second-order valence-corrected chi connectivity index (χ2v) is 4.61. The number of methoxy groups -OCH3 is 2. The molecule has 106 valence electrons. The molecule has 2 aromatic rings. The van der Waals surface area contributed by atoms with E-state index in [1.807, 2.05) is 30.3 Å². The average Bonchev–Trinajstić information content (AvgIpc) is 2.53. The SMILES string of the molecule is CCc1ccc(C(O)c2cc(OC)ccc2OC)cc1. The molecule has 20 heavy (non-hydrogen) atoms. The average molecular weight is 272 g/mol. The van der Waals surface area contributed by atoms with Gasteiger partial charge in [-0.1, -0.05) is 31.2 Å². The van der Waals surface area contributed by atoms with Crippen LogP contribution in [0.3, 0.4) is 0 Å². The summed E-state index contributed by atoms with van der Waals surface area (Å²) in [6, 6.07) is 13.4. The van der Waals surface area contributed by atoms with Gasteiger partial charge in [-0.3, -0.25) is 0 Å². The Morgan fingerprint density at radius 3 is 2.25 bits per heavy atom. The van der Waals surface area contributed by atoms with Gasteiger partial charge in [-0.2, -0.15) is 0 Å². The van der Waals surface area contributed by atoms with Gasteiger partial charge in [0.05, 0.1) is 14.2 Å². The van der Waals surface area contributed by atoms with Crippen molar-refractivity contribution in [3.63, 3.8) is 0 Å². The maximum absolute atomic E-state index is 10.6. The lowest BCUT2D eigenvalue weighted by molar-refractivity contribution is 0.214. The van der Waals surface area contributed by atoms with Crippen LogP contribution in [0.1, 0.15) is 29.7 Å². The molecule has 0 aliphatic carbocycles. The molecular formula is C17H20O3. The van der Waals surface area contributed by atoms with Gasteiger partial charge in [0.15, 0.2) is 0 Å². The summed E-state index contributed by atoms with van der Waals surface area (Å²) in [6.45, 7) is 2.11. The van der Waals surface area contributed by atoms with Crippen molar-refractivity contribution in [1.82, 2.24) is 0 Å². The summed E-state index contributed by atoms with van der Waals surface area (Å²) in [4.78, 5) is 0. The number of aryl methyl sites for hydroxylation is 1. The second kappa shape index (κ2) is 6.44. The van der Waals surface area contributed by atoms with Crippen molar-refractivity contribution in [2.24, 2.45) is 0 Å². The van der Waals surface area contributed by atoms with Gasteiger partial charge in [0, 0.05) is 5.56 Å². The molecular weight excluding hydrogens is 252 g/mol. The van der Waals surface area contributed by atoms with Crippen LogP contribution in [0.5, 0.6) is 11.5 Å². The molecule has 0 heterocycles. The highest BCUT2D eigenvalue weighted by molar-refractivity contribution is 5.45. The fourth-order valence-electron chi connectivity index (χ4n) is 2.17. The zero-order valence-electron chi connectivity index (χ0n) is 12.1. The van der Waals surface area contributed by atoms with Crippen molar-refractivity contribution in [3.05, 3.63) is 59.2 Å². The maximum atomic E-state index is 10.6. The monoisotopic (exact) mass is 272 g/mol. The van der Waals surface area contributed by atoms with E-state index in [1.54, 1.807) is 26.4 Å². The van der Waals surface area contributed by atoms with Crippen LogP contribution in [0.15, 0.2) is 42.5 Å². The lowest BCUT2D eigenvalue weighted by Gasteiger charge is -2.16. The van der Waals surface area contributed by atoms with E-state index in [0.717, 1.165) is 12.0 Å². The molecule has 0 aliphatic heterocycles. The third-order valence-electron chi connectivity index (χ3n) is 3.44. The van der Waals surface area contributed by atoms with Crippen LogP contribution >= 0.6 is 0 Å². The van der Waals surface area contributed by atoms with Crippen molar-refractivity contribution in [3.8, 4) is 11.5 Å². The first-order valence-electron chi connectivity index (χ1n) is 6.68. The van der Waals surface area contributed by atoms with E-state index in [2.05, 4.69) is 6.92 Å². The molecule has 3 heteroatoms. The summed E-state index contributed by atoms with van der Waals surface area (Å²) in [6.07, 6.45) is 0.254. The summed E-state index contributed by atoms with van der Waals surface area (Å²) in [5.41, 5.74) is 2.79. The number of hydrogen-bond acceptors (Lipinski definition) is 3. The molecule has 2 rings (SSSR count). The van der Waals surface area contributed by atoms with Crippen LogP contribution in [0.4, 0.5) is 0 Å². The normalized spacial score (nSPS) is 12.0. The lowest BCUT2D eigenvalue weighted by Crippen LogP contribution is -2.03. The van der Waals surface area contributed by atoms with Crippen molar-refractivity contribution >= 4 is 0 Å². The molecule has 0 bridgehead atoms. The van der Waals surface area contributed by atoms with Gasteiger partial charge in [-0.25, -0.2) is 0 Å². The Morgan fingerprint density at radius 2 is 1.70 bits per heavy atom. The van der Waals surface area contributed by atoms with Crippen LogP contribution in [-0.2, 0) is 6.42 Å². The fourth-order valence-corrected chi connectivity index (χ4v) is 2.17. The van der Waals surface area contributed by atoms with Gasteiger partial charge in [-0.05, 0) is 35.7 Å². The number of aliphatic hydroxyl groups excluding tert-OH is 1. The summed E-state index contributed by atoms with van der Waals surface area (Å²) >= 11 is 0. The zero-order chi connectivity index (χ0) is 14.5. The summed E-state index contributed by atoms with van der Waals surface area (Å²) < 4.78 is 10.5. The highest BCUT2D eigenvalue weighted by Gasteiger charge is 2.16. The molecule has 1 atom stereocenters. The molecule has 0 spiro atoms. The molecule has 1 N–H and O–H groups in total. The highest BCUT2D eigenvalue weighted by atomic mass is 16.5. The molecule has 0 saturated heterocycles. The Kier molecular flexibility index (Phi) is 4.64. The van der Waals surface area contributed by atoms with Crippen molar-refractivity contribution in [1.29, 1.82) is 0 Å². The Hall–Kier alpha value is -2.00. The number of ether oxygens (including phenoxy) is 2. The number of aliphatic hydroxyl groups is 1. The van der Waals surface area contributed by atoms with Crippen LogP contribution in [0.2, 0.25) is 0 Å². The molecule has 0 aliphatic rings. The second-order valence-electron chi connectivity index (χ2n) is 4.61. The smallest absolute Gasteiger partial charge is 0.125 e. The lowest BCUT2D eigenvalue weighted by atomic mass is 9.99. The minimum absolute atomic E-state index is 0.651. The molecule has 0 radical (unpaired) electrons. The van der Waals surface area contributed by atoms with Gasteiger partial charge < -0.3 is 14.6 Å². The van der Waals surface area contributed by atoms with Crippen LogP contribution < -0.4 is 9.47 Å². The minimum atomic E-state index is -0.731. The molecule has 3 nitrogen and oxygen atoms in total. The van der Waals surface area contributed by atoms with E-state index in [0.29, 0.717) is 17.1 Å². The first kappa shape index (κ1) is 14.4. The summed E-state index contributed by atoms with van der Waals surface area (Å²) in [7, 11) is 3.20. The summed E-state index contributed by atoms with van der Waals surface area (Å²) in [5, 5.41) is 10.6. The standard InChI is InChI=1S/C17H20O3/c1-4-12-5-7-13(8-6-12)17(18)15-11-14(19-2)9-10-16(15)20-3/h5-11,17-18H,4H2,1-3H3. The Balaban J connectivity index is 2.37. The Morgan fingerprint density at radius 1 is 1.00 bits per heavy atom. The Bertz CT molecular complexity index is 561. The molecule has 2 aromatic carbocycles. The van der Waals surface area contributed by atoms with Crippen molar-refractivity contribution < 1.29 is 14.6 Å². The van der Waals surface area contributed by atoms with Gasteiger partial charge >= 0.3 is 0 Å². The van der Waals surface area contributed by atoms with Gasteiger partial charge in [0.2, 0.25) is 0 Å². The fraction of sp³-hybridized carbons (Fsp3) is 0.294. The first-order chi connectivity index (χ1) is 9.69. The predicted octanol–water partition coefficient (Wildman–Crippen LogP) is 3.35. The number of hydrogen-bond donors (Lipinski definition) is 1. The predicted molar refractivity (Wildman–Crippen MR) is 79.4 cm³/mol. The van der Waals surface area contributed by atoms with E-state index >= 15 is 0 Å². The van der Waals surface area contributed by atoms with Crippen molar-refractivity contribution in [2.45, 2.75) is 19.4 Å². The van der Waals surface area contributed by atoms with E-state index < -0.39 is 6.10 Å². The molecule has 0 amide bonds. The molecule has 0 aromatic heterocycles. The van der Waals surface area contributed by atoms with Crippen LogP contribution in [0, 0.1) is 0 Å². The van der Waals surface area contributed by atoms with Crippen LogP contribution in [0.25, 0.3) is 0 Å². The van der Waals surface area contributed by atoms with Crippen molar-refractivity contribution in [2.75, 3.05) is 14.2 Å². The quantitative estimate of drug-likeness (QED) is 0.907. The first-order valence-corrected chi connectivity index (χ1v) is 6.68. The summed E-state index contributed by atoms with van der Waals surface area (Å²) in [5.74, 6) is 1.35. The molecule has 0 saturated carbocycles. The third kappa shape index (κ3) is 2.94. The topological polar surface area (TPSA) is 38.7 Å². The minimum Gasteiger partial charge on any atom is -0.497 e. The molecule has 1 unspecified atom stereocenters. The van der Waals surface area contributed by atoms with E-state index in [-0.39, 0.29) is 0 Å². The largest absolute Gasteiger partial charge is 0.497 e.